The minimum absolute atomic E-state index is 0.702. The number of para-hydroxylation sites is 1. The molecule has 23 heavy (non-hydrogen) atoms. The van der Waals surface area contributed by atoms with E-state index in [4.69, 9.17) is 0 Å². The van der Waals surface area contributed by atoms with Crippen LogP contribution in [-0.4, -0.2) is 40.8 Å². The lowest BCUT2D eigenvalue weighted by Crippen LogP contribution is -2.41. The quantitative estimate of drug-likeness (QED) is 0.802. The first-order valence-corrected chi connectivity index (χ1v) is 9.15. The molecule has 0 radical (unpaired) electrons. The zero-order chi connectivity index (χ0) is 16.1. The van der Waals surface area contributed by atoms with Gasteiger partial charge in [0.15, 0.2) is 5.82 Å². The molecule has 2 aromatic rings. The summed E-state index contributed by atoms with van der Waals surface area (Å²) in [6.45, 7) is 8.23. The maximum atomic E-state index is 4.42. The van der Waals surface area contributed by atoms with Crippen molar-refractivity contribution in [2.75, 3.05) is 25.0 Å². The summed E-state index contributed by atoms with van der Waals surface area (Å²) in [6, 6.07) is 9.01. The van der Waals surface area contributed by atoms with E-state index >= 15 is 0 Å². The van der Waals surface area contributed by atoms with Crippen LogP contribution in [0.4, 0.5) is 5.82 Å². The van der Waals surface area contributed by atoms with Crippen LogP contribution in [0.3, 0.4) is 0 Å². The molecule has 4 heteroatoms. The van der Waals surface area contributed by atoms with E-state index in [1.807, 2.05) is 6.07 Å². The van der Waals surface area contributed by atoms with Crippen LogP contribution in [0.2, 0.25) is 0 Å². The predicted octanol–water partition coefficient (Wildman–Crippen LogP) is 4.27. The van der Waals surface area contributed by atoms with Gasteiger partial charge in [-0.15, -0.1) is 0 Å². The minimum atomic E-state index is 0.702. The topological polar surface area (TPSA) is 44.0 Å². The lowest BCUT2D eigenvalue weighted by Gasteiger charge is -2.35. The molecule has 1 aromatic carbocycles. The van der Waals surface area contributed by atoms with Gasteiger partial charge in [0.2, 0.25) is 0 Å². The number of benzene rings is 1. The maximum Gasteiger partial charge on any atom is 0.155 e. The van der Waals surface area contributed by atoms with E-state index < -0.39 is 0 Å². The fourth-order valence-corrected chi connectivity index (χ4v) is 3.73. The van der Waals surface area contributed by atoms with Crippen molar-refractivity contribution in [2.24, 2.45) is 5.92 Å². The molecule has 1 fully saturated rings. The second-order valence-corrected chi connectivity index (χ2v) is 7.21. The highest BCUT2D eigenvalue weighted by Gasteiger charge is 2.21. The highest BCUT2D eigenvalue weighted by Crippen LogP contribution is 2.22. The summed E-state index contributed by atoms with van der Waals surface area (Å²) >= 11 is 0. The summed E-state index contributed by atoms with van der Waals surface area (Å²) in [7, 11) is 0. The zero-order valence-corrected chi connectivity index (χ0v) is 14.5. The number of hydrogen-bond donors (Lipinski definition) is 2. The van der Waals surface area contributed by atoms with E-state index in [1.165, 1.54) is 50.6 Å². The number of fused-ring (bicyclic) bond motifs is 1. The molecule has 0 spiro atoms. The Morgan fingerprint density at radius 1 is 1.17 bits per heavy atom. The van der Waals surface area contributed by atoms with Gasteiger partial charge in [-0.05, 0) is 56.8 Å². The highest BCUT2D eigenvalue weighted by atomic mass is 15.2. The summed E-state index contributed by atoms with van der Waals surface area (Å²) in [5, 5.41) is 12.2. The number of piperidine rings is 1. The molecule has 0 amide bonds. The van der Waals surface area contributed by atoms with Gasteiger partial charge in [0.05, 0.1) is 5.52 Å². The molecule has 126 valence electrons. The fourth-order valence-electron chi connectivity index (χ4n) is 3.73. The van der Waals surface area contributed by atoms with Crippen molar-refractivity contribution in [1.29, 1.82) is 0 Å². The van der Waals surface area contributed by atoms with E-state index in [0.29, 0.717) is 6.04 Å². The lowest BCUT2D eigenvalue weighted by atomic mass is 9.97. The van der Waals surface area contributed by atoms with Crippen LogP contribution >= 0.6 is 0 Å². The molecule has 1 atom stereocenters. The molecule has 2 heterocycles. The molecule has 0 bridgehead atoms. The normalized spacial score (nSPS) is 17.7. The van der Waals surface area contributed by atoms with E-state index in [1.54, 1.807) is 0 Å². The third kappa shape index (κ3) is 4.25. The van der Waals surface area contributed by atoms with Crippen molar-refractivity contribution in [3.63, 3.8) is 0 Å². The van der Waals surface area contributed by atoms with Gasteiger partial charge >= 0.3 is 0 Å². The van der Waals surface area contributed by atoms with Crippen molar-refractivity contribution in [1.82, 2.24) is 15.1 Å². The standard InChI is InChI=1S/C19H30N4/c1-15(2)14-16(23-12-6-3-7-13-23)10-11-20-19-17-8-4-5-9-18(17)21-22-19/h4-5,8-9,15-16H,3,6-7,10-14H2,1-2H3,(H2,20,21,22). The first kappa shape index (κ1) is 16.3. The summed E-state index contributed by atoms with van der Waals surface area (Å²) in [5.41, 5.74) is 1.10. The first-order valence-electron chi connectivity index (χ1n) is 9.15. The van der Waals surface area contributed by atoms with Crippen LogP contribution in [0.25, 0.3) is 10.9 Å². The number of aromatic amines is 1. The molecule has 1 saturated heterocycles. The molecule has 1 aliphatic heterocycles. The first-order chi connectivity index (χ1) is 11.2. The van der Waals surface area contributed by atoms with Gasteiger partial charge in [0, 0.05) is 18.0 Å². The van der Waals surface area contributed by atoms with Gasteiger partial charge in [0.1, 0.15) is 0 Å². The Bertz CT molecular complexity index is 598. The molecule has 0 saturated carbocycles. The number of hydrogen-bond acceptors (Lipinski definition) is 3. The molecule has 0 aliphatic carbocycles. The smallest absolute Gasteiger partial charge is 0.155 e. The number of rotatable bonds is 7. The Morgan fingerprint density at radius 2 is 1.96 bits per heavy atom. The van der Waals surface area contributed by atoms with Crippen LogP contribution < -0.4 is 5.32 Å². The van der Waals surface area contributed by atoms with Crippen LogP contribution in [-0.2, 0) is 0 Å². The maximum absolute atomic E-state index is 4.42. The number of likely N-dealkylation sites (tertiary alicyclic amines) is 1. The van der Waals surface area contributed by atoms with Gasteiger partial charge < -0.3 is 10.2 Å². The third-order valence-electron chi connectivity index (χ3n) is 4.89. The summed E-state index contributed by atoms with van der Waals surface area (Å²) in [6.07, 6.45) is 6.63. The average Bonchev–Trinajstić information content (AvgIpc) is 2.98. The molecule has 1 unspecified atom stereocenters. The monoisotopic (exact) mass is 314 g/mol. The Morgan fingerprint density at radius 3 is 2.74 bits per heavy atom. The molecule has 1 aromatic heterocycles. The van der Waals surface area contributed by atoms with Gasteiger partial charge in [-0.3, -0.25) is 5.10 Å². The van der Waals surface area contributed by atoms with Crippen LogP contribution in [0.5, 0.6) is 0 Å². The molecule has 4 nitrogen and oxygen atoms in total. The zero-order valence-electron chi connectivity index (χ0n) is 14.5. The largest absolute Gasteiger partial charge is 0.368 e. The average molecular weight is 314 g/mol. The number of nitrogens with zero attached hydrogens (tertiary/aromatic N) is 2. The van der Waals surface area contributed by atoms with E-state index in [-0.39, 0.29) is 0 Å². The Labute approximate surface area is 139 Å². The van der Waals surface area contributed by atoms with Gasteiger partial charge in [-0.1, -0.05) is 32.4 Å². The molecular weight excluding hydrogens is 284 g/mol. The van der Waals surface area contributed by atoms with E-state index in [2.05, 4.69) is 52.5 Å². The number of H-pyrrole nitrogens is 1. The van der Waals surface area contributed by atoms with Crippen LogP contribution in [0.1, 0.15) is 46.0 Å². The van der Waals surface area contributed by atoms with E-state index in [9.17, 15) is 0 Å². The van der Waals surface area contributed by atoms with E-state index in [0.717, 1.165) is 23.8 Å². The van der Waals surface area contributed by atoms with Crippen LogP contribution in [0.15, 0.2) is 24.3 Å². The Balaban J connectivity index is 1.57. The summed E-state index contributed by atoms with van der Waals surface area (Å²) in [4.78, 5) is 2.72. The Hall–Kier alpha value is -1.55. The van der Waals surface area contributed by atoms with Crippen molar-refractivity contribution in [2.45, 2.75) is 52.0 Å². The fraction of sp³-hybridized carbons (Fsp3) is 0.632. The van der Waals surface area contributed by atoms with Crippen molar-refractivity contribution in [3.8, 4) is 0 Å². The molecule has 2 N–H and O–H groups in total. The van der Waals surface area contributed by atoms with Crippen LogP contribution in [0, 0.1) is 5.92 Å². The minimum Gasteiger partial charge on any atom is -0.368 e. The second kappa shape index (κ2) is 7.82. The lowest BCUT2D eigenvalue weighted by molar-refractivity contribution is 0.139. The summed E-state index contributed by atoms with van der Waals surface area (Å²) < 4.78 is 0. The van der Waals surface area contributed by atoms with Gasteiger partial charge in [0.25, 0.3) is 0 Å². The number of aromatic nitrogens is 2. The van der Waals surface area contributed by atoms with Gasteiger partial charge in [-0.2, -0.15) is 5.10 Å². The molecule has 1 aliphatic rings. The van der Waals surface area contributed by atoms with Gasteiger partial charge in [-0.25, -0.2) is 0 Å². The third-order valence-corrected chi connectivity index (χ3v) is 4.89. The SMILES string of the molecule is CC(C)CC(CCNc1n[nH]c2ccccc12)N1CCCCC1. The summed E-state index contributed by atoms with van der Waals surface area (Å²) in [5.74, 6) is 1.75. The van der Waals surface area contributed by atoms with Crippen molar-refractivity contribution < 1.29 is 0 Å². The van der Waals surface area contributed by atoms with Crippen molar-refractivity contribution >= 4 is 16.7 Å². The Kier molecular flexibility index (Phi) is 5.55. The molecule has 3 rings (SSSR count). The predicted molar refractivity (Wildman–Crippen MR) is 97.9 cm³/mol. The number of anilines is 1. The van der Waals surface area contributed by atoms with Crippen molar-refractivity contribution in [3.05, 3.63) is 24.3 Å². The molecular formula is C19H30N4. The highest BCUT2D eigenvalue weighted by molar-refractivity contribution is 5.89. The number of nitrogens with one attached hydrogen (secondary N) is 2. The second-order valence-electron chi connectivity index (χ2n) is 7.21.